The molecule has 25 heavy (non-hydrogen) atoms. The maximum Gasteiger partial charge on any atom is 0.249 e. The van der Waals surface area contributed by atoms with Crippen LogP contribution in [-0.4, -0.2) is 71.4 Å². The van der Waals surface area contributed by atoms with Crippen LogP contribution in [0.4, 0.5) is 17.6 Å². The van der Waals surface area contributed by atoms with E-state index in [1.165, 1.54) is 6.33 Å². The van der Waals surface area contributed by atoms with Crippen LogP contribution in [0, 0.1) is 0 Å². The van der Waals surface area contributed by atoms with Gasteiger partial charge in [0, 0.05) is 31.5 Å². The van der Waals surface area contributed by atoms with Crippen LogP contribution >= 0.6 is 7.14 Å². The molecule has 1 fully saturated rings. The van der Waals surface area contributed by atoms with Gasteiger partial charge in [0.05, 0.1) is 5.69 Å². The van der Waals surface area contributed by atoms with E-state index in [1.807, 2.05) is 29.3 Å². The van der Waals surface area contributed by atoms with Gasteiger partial charge in [0.1, 0.15) is 13.5 Å². The number of benzene rings is 1. The Balaban J connectivity index is 1.97. The summed E-state index contributed by atoms with van der Waals surface area (Å²) in [5, 5.41) is 5.01. The standard InChI is InChI=1S/C16H24N7OP/c1-21-8-10-22(11-9-21)23(16-19-12-18-15(17)20-16)13-4-6-14(7-5-13)25(2,3)24/h4-7,12H,8-11H2,1-3H3,(H2,17,18,19,20). The van der Waals surface area contributed by atoms with Gasteiger partial charge in [-0.05, 0) is 44.6 Å². The highest BCUT2D eigenvalue weighted by atomic mass is 31.2. The fourth-order valence-electron chi connectivity index (χ4n) is 2.76. The van der Waals surface area contributed by atoms with E-state index in [1.54, 1.807) is 13.3 Å². The zero-order chi connectivity index (χ0) is 18.0. The van der Waals surface area contributed by atoms with Crippen molar-refractivity contribution in [3.05, 3.63) is 30.6 Å². The second-order valence-corrected chi connectivity index (χ2v) is 9.80. The summed E-state index contributed by atoms with van der Waals surface area (Å²) in [5.41, 5.74) is 6.66. The van der Waals surface area contributed by atoms with Gasteiger partial charge >= 0.3 is 0 Å². The average Bonchev–Trinajstić information content (AvgIpc) is 2.57. The molecule has 2 aromatic rings. The number of anilines is 3. The fraction of sp³-hybridized carbons (Fsp3) is 0.438. The Labute approximate surface area is 148 Å². The molecule has 0 aliphatic carbocycles. The van der Waals surface area contributed by atoms with Gasteiger partial charge < -0.3 is 15.2 Å². The highest BCUT2D eigenvalue weighted by Gasteiger charge is 2.25. The minimum Gasteiger partial charge on any atom is -0.368 e. The molecule has 0 atom stereocenters. The van der Waals surface area contributed by atoms with Gasteiger partial charge in [0.2, 0.25) is 11.9 Å². The zero-order valence-corrected chi connectivity index (χ0v) is 15.7. The first-order valence-corrected chi connectivity index (χ1v) is 10.8. The number of hydrogen-bond acceptors (Lipinski definition) is 8. The number of nitrogen functional groups attached to an aromatic ring is 1. The summed E-state index contributed by atoms with van der Waals surface area (Å²) in [4.78, 5) is 14.7. The van der Waals surface area contributed by atoms with E-state index >= 15 is 0 Å². The minimum atomic E-state index is -2.29. The predicted octanol–water partition coefficient (Wildman–Crippen LogP) is 1.00. The number of aromatic nitrogens is 3. The quantitative estimate of drug-likeness (QED) is 0.807. The SMILES string of the molecule is CN1CCN(N(c2ccc(P(C)(C)=O)cc2)c2ncnc(N)n2)CC1. The van der Waals surface area contributed by atoms with E-state index in [4.69, 9.17) is 5.73 Å². The molecule has 0 radical (unpaired) electrons. The van der Waals surface area contributed by atoms with E-state index < -0.39 is 7.14 Å². The monoisotopic (exact) mass is 361 g/mol. The molecule has 1 aromatic carbocycles. The smallest absolute Gasteiger partial charge is 0.249 e. The summed E-state index contributed by atoms with van der Waals surface area (Å²) in [6.07, 6.45) is 1.42. The van der Waals surface area contributed by atoms with Crippen LogP contribution in [0.1, 0.15) is 0 Å². The van der Waals surface area contributed by atoms with Gasteiger partial charge in [-0.2, -0.15) is 9.97 Å². The molecule has 1 saturated heterocycles. The second-order valence-electron chi connectivity index (χ2n) is 6.58. The van der Waals surface area contributed by atoms with E-state index in [9.17, 15) is 4.57 Å². The normalized spacial score (nSPS) is 16.8. The summed E-state index contributed by atoms with van der Waals surface area (Å²) >= 11 is 0. The highest BCUT2D eigenvalue weighted by molar-refractivity contribution is 7.70. The van der Waals surface area contributed by atoms with Gasteiger partial charge in [0.15, 0.2) is 0 Å². The van der Waals surface area contributed by atoms with Crippen LogP contribution in [0.5, 0.6) is 0 Å². The Morgan fingerprint density at radius 3 is 2.28 bits per heavy atom. The Bertz CT molecular complexity index is 768. The van der Waals surface area contributed by atoms with Crippen molar-refractivity contribution in [2.45, 2.75) is 0 Å². The molecule has 1 aliphatic rings. The van der Waals surface area contributed by atoms with Crippen LogP contribution in [0.15, 0.2) is 30.6 Å². The van der Waals surface area contributed by atoms with Crippen molar-refractivity contribution in [3.63, 3.8) is 0 Å². The van der Waals surface area contributed by atoms with Crippen molar-refractivity contribution >= 4 is 30.0 Å². The molecule has 8 nitrogen and oxygen atoms in total. The lowest BCUT2D eigenvalue weighted by Crippen LogP contribution is -2.51. The molecule has 3 rings (SSSR count). The van der Waals surface area contributed by atoms with E-state index in [0.717, 1.165) is 37.2 Å². The number of nitrogens with zero attached hydrogens (tertiary/aromatic N) is 6. The Morgan fingerprint density at radius 2 is 1.72 bits per heavy atom. The van der Waals surface area contributed by atoms with Crippen molar-refractivity contribution in [1.29, 1.82) is 0 Å². The van der Waals surface area contributed by atoms with E-state index in [2.05, 4.69) is 31.9 Å². The van der Waals surface area contributed by atoms with Gasteiger partial charge in [-0.25, -0.2) is 15.0 Å². The number of nitrogens with two attached hydrogens (primary N) is 1. The minimum absolute atomic E-state index is 0.187. The first kappa shape index (κ1) is 17.8. The van der Waals surface area contributed by atoms with Crippen molar-refractivity contribution < 1.29 is 4.57 Å². The van der Waals surface area contributed by atoms with E-state index in [-0.39, 0.29) is 5.95 Å². The third-order valence-corrected chi connectivity index (χ3v) is 5.79. The molecule has 0 unspecified atom stereocenters. The molecule has 1 aromatic heterocycles. The fourth-order valence-corrected chi connectivity index (χ4v) is 3.62. The maximum absolute atomic E-state index is 12.3. The second kappa shape index (κ2) is 7.07. The maximum atomic E-state index is 12.3. The molecule has 0 spiro atoms. The molecule has 2 heterocycles. The molecule has 9 heteroatoms. The number of piperazine rings is 1. The van der Waals surface area contributed by atoms with Gasteiger partial charge in [-0.15, -0.1) is 0 Å². The molecule has 0 bridgehead atoms. The molecule has 0 saturated carbocycles. The summed E-state index contributed by atoms with van der Waals surface area (Å²) in [5.74, 6) is 0.674. The van der Waals surface area contributed by atoms with E-state index in [0.29, 0.717) is 5.95 Å². The van der Waals surface area contributed by atoms with Crippen LogP contribution in [0.25, 0.3) is 0 Å². The Kier molecular flexibility index (Phi) is 5.03. The number of hydrogen-bond donors (Lipinski definition) is 1. The number of hydrazine groups is 1. The van der Waals surface area contributed by atoms with Crippen molar-refractivity contribution in [2.24, 2.45) is 0 Å². The lowest BCUT2D eigenvalue weighted by Gasteiger charge is -2.39. The highest BCUT2D eigenvalue weighted by Crippen LogP contribution is 2.35. The molecule has 2 N–H and O–H groups in total. The number of rotatable bonds is 4. The lowest BCUT2D eigenvalue weighted by atomic mass is 10.3. The summed E-state index contributed by atoms with van der Waals surface area (Å²) in [6, 6.07) is 7.72. The van der Waals surface area contributed by atoms with Crippen LogP contribution in [-0.2, 0) is 4.57 Å². The average molecular weight is 361 g/mol. The predicted molar refractivity (Wildman–Crippen MR) is 101 cm³/mol. The number of likely N-dealkylation sites (N-methyl/N-ethyl adjacent to an activating group) is 1. The molecule has 0 amide bonds. The third-order valence-electron chi connectivity index (χ3n) is 4.25. The Hall–Kier alpha value is -2.02. The summed E-state index contributed by atoms with van der Waals surface area (Å²) in [7, 11) is -0.180. The molecule has 134 valence electrons. The van der Waals surface area contributed by atoms with Gasteiger partial charge in [-0.1, -0.05) is 0 Å². The molecule has 1 aliphatic heterocycles. The van der Waals surface area contributed by atoms with Crippen LogP contribution < -0.4 is 16.0 Å². The first-order chi connectivity index (χ1) is 11.8. The van der Waals surface area contributed by atoms with Crippen LogP contribution in [0.2, 0.25) is 0 Å². The van der Waals surface area contributed by atoms with Crippen molar-refractivity contribution in [1.82, 2.24) is 24.9 Å². The van der Waals surface area contributed by atoms with Crippen molar-refractivity contribution in [3.8, 4) is 0 Å². The third kappa shape index (κ3) is 4.15. The molecular weight excluding hydrogens is 337 g/mol. The first-order valence-electron chi connectivity index (χ1n) is 8.18. The van der Waals surface area contributed by atoms with Crippen molar-refractivity contribution in [2.75, 3.05) is 57.3 Å². The Morgan fingerprint density at radius 1 is 1.08 bits per heavy atom. The summed E-state index contributed by atoms with van der Waals surface area (Å²) < 4.78 is 12.3. The largest absolute Gasteiger partial charge is 0.368 e. The zero-order valence-electron chi connectivity index (χ0n) is 14.8. The summed E-state index contributed by atoms with van der Waals surface area (Å²) in [6.45, 7) is 7.15. The lowest BCUT2D eigenvalue weighted by molar-refractivity contribution is 0.153. The van der Waals surface area contributed by atoms with Gasteiger partial charge in [-0.3, -0.25) is 0 Å². The topological polar surface area (TPSA) is 91.5 Å². The van der Waals surface area contributed by atoms with Gasteiger partial charge in [0.25, 0.3) is 0 Å². The molecular formula is C16H24N7OP. The van der Waals surface area contributed by atoms with Crippen LogP contribution in [0.3, 0.4) is 0 Å².